The number of rotatable bonds is 5. The average Bonchev–Trinajstić information content (AvgIpc) is 2.25. The van der Waals surface area contributed by atoms with Gasteiger partial charge in [-0.3, -0.25) is 0 Å². The fraction of sp³-hybridized carbons (Fsp3) is 0.846. The fourth-order valence-electron chi connectivity index (χ4n) is 1.17. The third-order valence-electron chi connectivity index (χ3n) is 2.27. The van der Waals surface area contributed by atoms with Gasteiger partial charge < -0.3 is 19.1 Å². The van der Waals surface area contributed by atoms with Crippen LogP contribution in [0.1, 0.15) is 34.6 Å². The summed E-state index contributed by atoms with van der Waals surface area (Å²) in [6, 6.07) is 0. The van der Waals surface area contributed by atoms with Gasteiger partial charge in [0.2, 0.25) is 0 Å². The largest absolute Gasteiger partial charge is 0.467 e. The van der Waals surface area contributed by atoms with E-state index in [0.717, 1.165) is 0 Å². The predicted octanol–water partition coefficient (Wildman–Crippen LogP) is 1.82. The lowest BCUT2D eigenvalue weighted by Gasteiger charge is -2.26. The quantitative estimate of drug-likeness (QED) is 0.716. The summed E-state index contributed by atoms with van der Waals surface area (Å²) in [6.07, 6.45) is -0.424. The smallest absolute Gasteiger partial charge is 0.410 e. The number of amides is 1. The van der Waals surface area contributed by atoms with Gasteiger partial charge in [0.15, 0.2) is 5.60 Å². The zero-order valence-electron chi connectivity index (χ0n) is 12.9. The van der Waals surface area contributed by atoms with Crippen molar-refractivity contribution in [3.63, 3.8) is 0 Å². The standard InChI is InChI=1S/C13H25NO5/c1-12(2,3)19-11(16)14(6)8-9-18-13(4,5)10(15)17-7/h8-9H2,1-7H3. The first kappa shape index (κ1) is 17.7. The minimum Gasteiger partial charge on any atom is -0.467 e. The van der Waals surface area contributed by atoms with Crippen LogP contribution in [0.4, 0.5) is 4.79 Å². The second-order valence-corrected chi connectivity index (χ2v) is 5.75. The molecule has 0 aliphatic carbocycles. The molecule has 0 atom stereocenters. The van der Waals surface area contributed by atoms with Crippen molar-refractivity contribution in [3.05, 3.63) is 0 Å². The highest BCUT2D eigenvalue weighted by molar-refractivity contribution is 5.78. The summed E-state index contributed by atoms with van der Waals surface area (Å²) in [7, 11) is 2.92. The van der Waals surface area contributed by atoms with Crippen molar-refractivity contribution < 1.29 is 23.8 Å². The molecular formula is C13H25NO5. The first-order chi connectivity index (χ1) is 8.49. The number of methoxy groups -OCH3 is 1. The molecule has 1 amide bonds. The van der Waals surface area contributed by atoms with Crippen molar-refractivity contribution in [1.82, 2.24) is 4.90 Å². The van der Waals surface area contributed by atoms with Gasteiger partial charge >= 0.3 is 12.1 Å². The van der Waals surface area contributed by atoms with E-state index in [4.69, 9.17) is 9.47 Å². The number of hydrogen-bond acceptors (Lipinski definition) is 5. The number of ether oxygens (including phenoxy) is 3. The van der Waals surface area contributed by atoms with Crippen LogP contribution in [0.2, 0.25) is 0 Å². The molecule has 0 heterocycles. The topological polar surface area (TPSA) is 65.1 Å². The van der Waals surface area contributed by atoms with Crippen molar-refractivity contribution in [2.45, 2.75) is 45.8 Å². The van der Waals surface area contributed by atoms with E-state index in [2.05, 4.69) is 4.74 Å². The lowest BCUT2D eigenvalue weighted by atomic mass is 10.1. The molecule has 6 nitrogen and oxygen atoms in total. The molecule has 0 fully saturated rings. The molecule has 0 unspecified atom stereocenters. The Morgan fingerprint density at radius 2 is 1.63 bits per heavy atom. The molecule has 0 spiro atoms. The van der Waals surface area contributed by atoms with Crippen LogP contribution in [0, 0.1) is 0 Å². The van der Waals surface area contributed by atoms with E-state index in [9.17, 15) is 9.59 Å². The van der Waals surface area contributed by atoms with Crippen LogP contribution in [0.25, 0.3) is 0 Å². The fourth-order valence-corrected chi connectivity index (χ4v) is 1.17. The van der Waals surface area contributed by atoms with Gasteiger partial charge in [-0.15, -0.1) is 0 Å². The summed E-state index contributed by atoms with van der Waals surface area (Å²) < 4.78 is 15.2. The van der Waals surface area contributed by atoms with Crippen LogP contribution in [0.5, 0.6) is 0 Å². The van der Waals surface area contributed by atoms with Crippen LogP contribution in [0.3, 0.4) is 0 Å². The maximum atomic E-state index is 11.7. The Hall–Kier alpha value is -1.30. The number of likely N-dealkylation sites (N-methyl/N-ethyl adjacent to an activating group) is 1. The minimum absolute atomic E-state index is 0.220. The highest BCUT2D eigenvalue weighted by Gasteiger charge is 2.29. The second-order valence-electron chi connectivity index (χ2n) is 5.75. The zero-order valence-corrected chi connectivity index (χ0v) is 12.9. The number of carbonyl (C=O) groups excluding carboxylic acids is 2. The SMILES string of the molecule is COC(=O)C(C)(C)OCCN(C)C(=O)OC(C)(C)C. The predicted molar refractivity (Wildman–Crippen MR) is 70.9 cm³/mol. The maximum Gasteiger partial charge on any atom is 0.410 e. The summed E-state index contributed by atoms with van der Waals surface area (Å²) in [6.45, 7) is 9.19. The second kappa shape index (κ2) is 6.75. The Morgan fingerprint density at radius 1 is 1.11 bits per heavy atom. The third kappa shape index (κ3) is 7.00. The first-order valence-electron chi connectivity index (χ1n) is 6.16. The number of esters is 1. The van der Waals surface area contributed by atoms with Crippen molar-refractivity contribution in [3.8, 4) is 0 Å². The van der Waals surface area contributed by atoms with Gasteiger partial charge in [0.05, 0.1) is 13.7 Å². The minimum atomic E-state index is -1.02. The lowest BCUT2D eigenvalue weighted by Crippen LogP contribution is -2.40. The molecule has 0 aromatic carbocycles. The Labute approximate surface area is 115 Å². The normalized spacial score (nSPS) is 11.9. The van der Waals surface area contributed by atoms with Crippen molar-refractivity contribution in [1.29, 1.82) is 0 Å². The van der Waals surface area contributed by atoms with Crippen molar-refractivity contribution in [2.75, 3.05) is 27.3 Å². The molecule has 0 aromatic heterocycles. The summed E-state index contributed by atoms with van der Waals surface area (Å²) in [5.41, 5.74) is -1.55. The lowest BCUT2D eigenvalue weighted by molar-refractivity contribution is -0.165. The number of nitrogens with zero attached hydrogens (tertiary/aromatic N) is 1. The summed E-state index contributed by atoms with van der Waals surface area (Å²) in [5.74, 6) is -0.451. The van der Waals surface area contributed by atoms with Gasteiger partial charge in [0.25, 0.3) is 0 Å². The molecule has 0 aliphatic rings. The van der Waals surface area contributed by atoms with Gasteiger partial charge in [0.1, 0.15) is 5.60 Å². The van der Waals surface area contributed by atoms with E-state index in [0.29, 0.717) is 6.54 Å². The molecule has 0 radical (unpaired) electrons. The monoisotopic (exact) mass is 275 g/mol. The van der Waals surface area contributed by atoms with E-state index >= 15 is 0 Å². The molecule has 6 heteroatoms. The summed E-state index contributed by atoms with van der Waals surface area (Å²) in [5, 5.41) is 0. The van der Waals surface area contributed by atoms with Gasteiger partial charge in [-0.25, -0.2) is 9.59 Å². The molecule has 0 aliphatic heterocycles. The zero-order chi connectivity index (χ0) is 15.3. The molecule has 19 heavy (non-hydrogen) atoms. The van der Waals surface area contributed by atoms with Crippen molar-refractivity contribution in [2.24, 2.45) is 0 Å². The summed E-state index contributed by atoms with van der Waals surface area (Å²) in [4.78, 5) is 24.4. The van der Waals surface area contributed by atoms with Crippen LogP contribution >= 0.6 is 0 Å². The number of hydrogen-bond donors (Lipinski definition) is 0. The number of carbonyl (C=O) groups is 2. The van der Waals surface area contributed by atoms with Gasteiger partial charge in [0, 0.05) is 13.6 Å². The molecule has 0 bridgehead atoms. The Kier molecular flexibility index (Phi) is 6.29. The molecule has 0 saturated carbocycles. The molecule has 0 rings (SSSR count). The maximum absolute atomic E-state index is 11.7. The van der Waals surface area contributed by atoms with Gasteiger partial charge in [-0.05, 0) is 34.6 Å². The Balaban J connectivity index is 4.14. The molecule has 112 valence electrons. The molecular weight excluding hydrogens is 250 g/mol. The van der Waals surface area contributed by atoms with Crippen LogP contribution in [-0.4, -0.2) is 55.5 Å². The highest BCUT2D eigenvalue weighted by atomic mass is 16.6. The highest BCUT2D eigenvalue weighted by Crippen LogP contribution is 2.12. The third-order valence-corrected chi connectivity index (χ3v) is 2.27. The van der Waals surface area contributed by atoms with E-state index in [1.807, 2.05) is 0 Å². The van der Waals surface area contributed by atoms with Crippen LogP contribution < -0.4 is 0 Å². The van der Waals surface area contributed by atoms with Gasteiger partial charge in [-0.1, -0.05) is 0 Å². The average molecular weight is 275 g/mol. The molecule has 0 N–H and O–H groups in total. The molecule has 0 saturated heterocycles. The van der Waals surface area contributed by atoms with E-state index < -0.39 is 23.3 Å². The van der Waals surface area contributed by atoms with Gasteiger partial charge in [-0.2, -0.15) is 0 Å². The van der Waals surface area contributed by atoms with Crippen molar-refractivity contribution >= 4 is 12.1 Å². The Bertz CT molecular complexity index is 319. The summed E-state index contributed by atoms with van der Waals surface area (Å²) >= 11 is 0. The van der Waals surface area contributed by atoms with E-state index in [1.54, 1.807) is 41.7 Å². The van der Waals surface area contributed by atoms with E-state index in [1.165, 1.54) is 12.0 Å². The van der Waals surface area contributed by atoms with Crippen LogP contribution in [0.15, 0.2) is 0 Å². The first-order valence-corrected chi connectivity index (χ1v) is 6.16. The molecule has 0 aromatic rings. The Morgan fingerprint density at radius 3 is 2.05 bits per heavy atom. The van der Waals surface area contributed by atoms with Crippen LogP contribution in [-0.2, 0) is 19.0 Å². The van der Waals surface area contributed by atoms with E-state index in [-0.39, 0.29) is 6.61 Å².